The number of halogens is 3. The lowest BCUT2D eigenvalue weighted by atomic mass is 10.0. The number of hydrogen-bond acceptors (Lipinski definition) is 8. The Bertz CT molecular complexity index is 1640. The fourth-order valence-electron chi connectivity index (χ4n) is 5.19. The number of alkyl halides is 3. The number of rotatable bonds is 7. The molecule has 1 N–H and O–H groups in total. The number of aryl methyl sites for hydroxylation is 1. The van der Waals surface area contributed by atoms with Crippen molar-refractivity contribution in [2.45, 2.75) is 38.5 Å². The zero-order valence-electron chi connectivity index (χ0n) is 21.4. The molecule has 1 unspecified atom stereocenters. The standard InChI is InChI=1S/C28H24F3N5O4/c1-2-38-24(37)13-16-4-6-21-22-12-17(5-7-23(22)33-25(16)21)26-34-27(40-35-26)18-10-19(36-9-3-8-32-15-36)14-20(11-18)39-28(29,30)31/h3,5,7-12,14,16,33H,2,4,6,13,15H2,1H3. The van der Waals surface area contributed by atoms with Crippen molar-refractivity contribution in [1.29, 1.82) is 0 Å². The van der Waals surface area contributed by atoms with Gasteiger partial charge in [-0.2, -0.15) is 4.98 Å². The van der Waals surface area contributed by atoms with Gasteiger partial charge in [0.25, 0.3) is 5.89 Å². The van der Waals surface area contributed by atoms with E-state index in [1.807, 2.05) is 18.2 Å². The van der Waals surface area contributed by atoms with Crippen LogP contribution in [0, 0.1) is 0 Å². The third kappa shape index (κ3) is 5.16. The summed E-state index contributed by atoms with van der Waals surface area (Å²) < 4.78 is 53.9. The third-order valence-corrected chi connectivity index (χ3v) is 6.89. The van der Waals surface area contributed by atoms with E-state index in [0.29, 0.717) is 30.1 Å². The predicted molar refractivity (Wildman–Crippen MR) is 141 cm³/mol. The van der Waals surface area contributed by atoms with E-state index in [2.05, 4.69) is 24.9 Å². The molecule has 0 bridgehead atoms. The van der Waals surface area contributed by atoms with Gasteiger partial charge in [0.15, 0.2) is 0 Å². The van der Waals surface area contributed by atoms with Crippen LogP contribution >= 0.6 is 0 Å². The number of nitrogens with one attached hydrogen (secondary N) is 1. The molecule has 0 amide bonds. The zero-order valence-corrected chi connectivity index (χ0v) is 21.4. The number of hydrogen-bond donors (Lipinski definition) is 1. The second-order valence-electron chi connectivity index (χ2n) is 9.49. The highest BCUT2D eigenvalue weighted by Gasteiger charge is 2.32. The number of ether oxygens (including phenoxy) is 2. The van der Waals surface area contributed by atoms with E-state index in [1.165, 1.54) is 12.1 Å². The Balaban J connectivity index is 1.31. The van der Waals surface area contributed by atoms with Crippen LogP contribution < -0.4 is 9.64 Å². The highest BCUT2D eigenvalue weighted by atomic mass is 19.4. The molecule has 1 aliphatic heterocycles. The van der Waals surface area contributed by atoms with Crippen LogP contribution in [0.25, 0.3) is 33.7 Å². The van der Waals surface area contributed by atoms with Gasteiger partial charge in [0.2, 0.25) is 5.82 Å². The summed E-state index contributed by atoms with van der Waals surface area (Å²) in [6.07, 6.45) is 2.12. The van der Waals surface area contributed by atoms with Gasteiger partial charge in [-0.25, -0.2) is 0 Å². The number of benzene rings is 2. The van der Waals surface area contributed by atoms with E-state index in [0.717, 1.165) is 35.0 Å². The number of nitrogens with zero attached hydrogens (tertiary/aromatic N) is 4. The molecular weight excluding hydrogens is 527 g/mol. The van der Waals surface area contributed by atoms with E-state index in [1.54, 1.807) is 36.4 Å². The molecule has 40 heavy (non-hydrogen) atoms. The second kappa shape index (κ2) is 10.2. The van der Waals surface area contributed by atoms with Crippen molar-refractivity contribution in [1.82, 2.24) is 15.1 Å². The van der Waals surface area contributed by atoms with E-state index >= 15 is 0 Å². The lowest BCUT2D eigenvalue weighted by Crippen LogP contribution is -2.20. The Hall–Kier alpha value is -4.61. The smallest absolute Gasteiger partial charge is 0.466 e. The number of aromatic nitrogens is 3. The fraction of sp³-hybridized carbons (Fsp3) is 0.286. The van der Waals surface area contributed by atoms with E-state index < -0.39 is 12.1 Å². The van der Waals surface area contributed by atoms with Gasteiger partial charge < -0.3 is 23.9 Å². The third-order valence-electron chi connectivity index (χ3n) is 6.89. The first kappa shape index (κ1) is 25.7. The first-order valence-corrected chi connectivity index (χ1v) is 12.8. The number of carbonyl (C=O) groups is 1. The van der Waals surface area contributed by atoms with Gasteiger partial charge in [-0.15, -0.1) is 13.2 Å². The number of aromatic amines is 1. The Morgan fingerprint density at radius 3 is 2.85 bits per heavy atom. The molecule has 2 aromatic carbocycles. The molecule has 9 nitrogen and oxygen atoms in total. The number of allylic oxidation sites excluding steroid dienone is 1. The van der Waals surface area contributed by atoms with Crippen LogP contribution in [0.2, 0.25) is 0 Å². The molecule has 4 aromatic rings. The predicted octanol–water partition coefficient (Wildman–Crippen LogP) is 6.13. The summed E-state index contributed by atoms with van der Waals surface area (Å²) in [4.78, 5) is 25.8. The molecule has 206 valence electrons. The fourth-order valence-corrected chi connectivity index (χ4v) is 5.19. The molecule has 2 aromatic heterocycles. The molecule has 0 fully saturated rings. The van der Waals surface area contributed by atoms with Crippen molar-refractivity contribution in [2.24, 2.45) is 4.99 Å². The summed E-state index contributed by atoms with van der Waals surface area (Å²) in [7, 11) is 0. The SMILES string of the molecule is CCOC(=O)CC1CCc2c1[nH]c1ccc(-c3noc(-c4cc(OC(F)(F)F)cc(N5C=CC=NC5)c4)n3)cc21. The van der Waals surface area contributed by atoms with Gasteiger partial charge in [0, 0.05) is 57.8 Å². The van der Waals surface area contributed by atoms with Crippen LogP contribution in [0.15, 0.2) is 58.2 Å². The molecule has 6 rings (SSSR count). The first-order valence-electron chi connectivity index (χ1n) is 12.8. The van der Waals surface area contributed by atoms with E-state index in [-0.39, 0.29) is 30.0 Å². The van der Waals surface area contributed by atoms with E-state index in [9.17, 15) is 18.0 Å². The minimum atomic E-state index is -4.87. The van der Waals surface area contributed by atoms with Gasteiger partial charge >= 0.3 is 12.3 Å². The molecule has 2 aliphatic rings. The van der Waals surface area contributed by atoms with Crippen molar-refractivity contribution in [2.75, 3.05) is 18.2 Å². The number of carbonyl (C=O) groups excluding carboxylic acids is 1. The molecule has 3 heterocycles. The summed E-state index contributed by atoms with van der Waals surface area (Å²) in [6, 6.07) is 9.83. The summed E-state index contributed by atoms with van der Waals surface area (Å²) >= 11 is 0. The summed E-state index contributed by atoms with van der Waals surface area (Å²) in [5, 5.41) is 5.10. The summed E-state index contributed by atoms with van der Waals surface area (Å²) in [6.45, 7) is 2.38. The molecule has 0 saturated carbocycles. The minimum absolute atomic E-state index is 0.0438. The molecule has 0 spiro atoms. The van der Waals surface area contributed by atoms with Crippen LogP contribution in [0.5, 0.6) is 5.75 Å². The largest absolute Gasteiger partial charge is 0.573 e. The van der Waals surface area contributed by atoms with Crippen molar-refractivity contribution in [3.8, 4) is 28.6 Å². The van der Waals surface area contributed by atoms with Gasteiger partial charge in [0.1, 0.15) is 12.4 Å². The summed E-state index contributed by atoms with van der Waals surface area (Å²) in [5.74, 6) is -0.218. The topological polar surface area (TPSA) is 106 Å². The summed E-state index contributed by atoms with van der Waals surface area (Å²) in [5.41, 5.74) is 4.50. The Kier molecular flexibility index (Phi) is 6.53. The lowest BCUT2D eigenvalue weighted by Gasteiger charge is -2.21. The van der Waals surface area contributed by atoms with Gasteiger partial charge in [0.05, 0.1) is 13.0 Å². The van der Waals surface area contributed by atoms with Crippen molar-refractivity contribution >= 4 is 28.8 Å². The Labute approximate surface area is 226 Å². The van der Waals surface area contributed by atoms with Gasteiger partial charge in [-0.1, -0.05) is 5.16 Å². The maximum Gasteiger partial charge on any atom is 0.573 e. The Morgan fingerprint density at radius 1 is 1.20 bits per heavy atom. The normalized spacial score (nSPS) is 16.5. The number of fused-ring (bicyclic) bond motifs is 3. The van der Waals surface area contributed by atoms with Crippen molar-refractivity contribution in [3.63, 3.8) is 0 Å². The van der Waals surface area contributed by atoms with Crippen LogP contribution in [-0.2, 0) is 16.0 Å². The number of H-pyrrole nitrogens is 1. The molecule has 0 saturated heterocycles. The molecule has 1 aliphatic carbocycles. The van der Waals surface area contributed by atoms with Gasteiger partial charge in [-0.3, -0.25) is 9.79 Å². The monoisotopic (exact) mass is 551 g/mol. The number of anilines is 1. The second-order valence-corrected chi connectivity index (χ2v) is 9.49. The maximum atomic E-state index is 13.0. The lowest BCUT2D eigenvalue weighted by molar-refractivity contribution is -0.274. The average molecular weight is 552 g/mol. The zero-order chi connectivity index (χ0) is 27.9. The Morgan fingerprint density at radius 2 is 2.08 bits per heavy atom. The quantitative estimate of drug-likeness (QED) is 0.276. The number of aliphatic imine (C=N–C) groups is 1. The van der Waals surface area contributed by atoms with Crippen LogP contribution in [0.1, 0.15) is 36.9 Å². The maximum absolute atomic E-state index is 13.0. The van der Waals surface area contributed by atoms with Crippen LogP contribution in [0.3, 0.4) is 0 Å². The minimum Gasteiger partial charge on any atom is -0.466 e. The molecule has 0 radical (unpaired) electrons. The first-order chi connectivity index (χ1) is 19.3. The van der Waals surface area contributed by atoms with Crippen molar-refractivity contribution in [3.05, 3.63) is 59.9 Å². The van der Waals surface area contributed by atoms with E-state index in [4.69, 9.17) is 9.26 Å². The highest BCUT2D eigenvalue weighted by molar-refractivity contribution is 5.89. The number of esters is 1. The van der Waals surface area contributed by atoms with Gasteiger partial charge in [-0.05, 0) is 61.7 Å². The van der Waals surface area contributed by atoms with Crippen molar-refractivity contribution < 1.29 is 32.0 Å². The van der Waals surface area contributed by atoms with Crippen LogP contribution in [0.4, 0.5) is 18.9 Å². The average Bonchev–Trinajstić information content (AvgIpc) is 3.65. The highest BCUT2D eigenvalue weighted by Crippen LogP contribution is 2.41. The molecular formula is C28H24F3N5O4. The molecule has 1 atom stereocenters. The van der Waals surface area contributed by atoms with Crippen LogP contribution in [-0.4, -0.2) is 46.9 Å². The molecule has 12 heteroatoms.